The number of carbonyl (C=O) groups is 1. The summed E-state index contributed by atoms with van der Waals surface area (Å²) < 4.78 is 28.5. The molecule has 1 aliphatic heterocycles. The van der Waals surface area contributed by atoms with Gasteiger partial charge in [-0.05, 0) is 68.3 Å². The van der Waals surface area contributed by atoms with Gasteiger partial charge in [0.15, 0.2) is 11.5 Å². The van der Waals surface area contributed by atoms with Crippen LogP contribution < -0.4 is 29.0 Å². The molecule has 10 nitrogen and oxygen atoms in total. The third kappa shape index (κ3) is 6.40. The Morgan fingerprint density at radius 1 is 0.844 bits per heavy atom. The molecule has 0 aromatic heterocycles. The topological polar surface area (TPSA) is 118 Å². The Balaban J connectivity index is 1.57. The molecule has 4 aromatic rings. The molecular formula is C35H34N2O8. The van der Waals surface area contributed by atoms with Gasteiger partial charge in [-0.1, -0.05) is 24.3 Å². The van der Waals surface area contributed by atoms with Gasteiger partial charge in [0.25, 0.3) is 5.69 Å². The van der Waals surface area contributed by atoms with Crippen molar-refractivity contribution < 1.29 is 33.4 Å². The average Bonchev–Trinajstić information content (AvgIpc) is 3.02. The minimum atomic E-state index is -0.564. The predicted molar refractivity (Wildman–Crippen MR) is 172 cm³/mol. The Morgan fingerprint density at radius 3 is 2.27 bits per heavy atom. The lowest BCUT2D eigenvalue weighted by Gasteiger charge is -2.33. The molecule has 0 spiro atoms. The monoisotopic (exact) mass is 610 g/mol. The average molecular weight is 611 g/mol. The first-order valence-electron chi connectivity index (χ1n) is 14.2. The van der Waals surface area contributed by atoms with Crippen LogP contribution in [0, 0.1) is 10.1 Å². The number of nitrogens with one attached hydrogen (secondary N) is 1. The number of methoxy groups -OCH3 is 3. The van der Waals surface area contributed by atoms with E-state index in [9.17, 15) is 14.9 Å². The molecule has 0 fully saturated rings. The van der Waals surface area contributed by atoms with Crippen molar-refractivity contribution in [2.24, 2.45) is 0 Å². The third-order valence-electron chi connectivity index (χ3n) is 7.47. The second-order valence-electron chi connectivity index (χ2n) is 11.0. The lowest BCUT2D eigenvalue weighted by atomic mass is 9.85. The highest BCUT2D eigenvalue weighted by molar-refractivity contribution is 5.94. The molecule has 0 saturated heterocycles. The zero-order chi connectivity index (χ0) is 32.3. The number of hydrogen-bond acceptors (Lipinski definition) is 9. The van der Waals surface area contributed by atoms with Crippen molar-refractivity contribution in [1.82, 2.24) is 0 Å². The maximum Gasteiger partial charge on any atom is 0.347 e. The molecule has 0 bridgehead atoms. The van der Waals surface area contributed by atoms with Crippen molar-refractivity contribution in [3.05, 3.63) is 106 Å². The van der Waals surface area contributed by atoms with Crippen LogP contribution in [0.2, 0.25) is 0 Å². The van der Waals surface area contributed by atoms with Crippen LogP contribution in [0.3, 0.4) is 0 Å². The molecule has 0 unspecified atom stereocenters. The molecule has 1 heterocycles. The van der Waals surface area contributed by atoms with Crippen LogP contribution >= 0.6 is 0 Å². The number of rotatable bonds is 10. The van der Waals surface area contributed by atoms with E-state index >= 15 is 0 Å². The molecule has 0 amide bonds. The van der Waals surface area contributed by atoms with E-state index in [-0.39, 0.29) is 23.6 Å². The van der Waals surface area contributed by atoms with Gasteiger partial charge >= 0.3 is 5.97 Å². The molecule has 45 heavy (non-hydrogen) atoms. The predicted octanol–water partition coefficient (Wildman–Crippen LogP) is 7.69. The van der Waals surface area contributed by atoms with Gasteiger partial charge in [0.2, 0.25) is 0 Å². The minimum absolute atomic E-state index is 0.0665. The third-order valence-corrected chi connectivity index (χ3v) is 7.47. The van der Waals surface area contributed by atoms with Gasteiger partial charge in [-0.2, -0.15) is 0 Å². The molecule has 4 aromatic carbocycles. The number of nitro groups is 1. The summed E-state index contributed by atoms with van der Waals surface area (Å²) in [7, 11) is 4.52. The van der Waals surface area contributed by atoms with E-state index < -0.39 is 10.9 Å². The zero-order valence-corrected chi connectivity index (χ0v) is 25.9. The van der Waals surface area contributed by atoms with E-state index in [0.29, 0.717) is 28.6 Å². The van der Waals surface area contributed by atoms with Crippen LogP contribution in [0.15, 0.2) is 78.9 Å². The van der Waals surface area contributed by atoms with Crippen molar-refractivity contribution in [3.8, 4) is 39.9 Å². The standard InChI is InChI=1S/C35H34N2O8/c1-21-19-35(2,3)36-28-15-14-24(27(33(21)28)20-44-32-17-22(37(39)40)11-16-30(32)42-5)25-13-12-23(18-31(25)43-6)45-34(38)26-9-7-8-10-29(26)41-4/h7-19,36H,20H2,1-6H3. The largest absolute Gasteiger partial charge is 0.496 e. The first kappa shape index (κ1) is 30.9. The summed E-state index contributed by atoms with van der Waals surface area (Å²) >= 11 is 0. The number of carbonyl (C=O) groups excluding carboxylic acids is 1. The molecule has 0 atom stereocenters. The molecule has 5 rings (SSSR count). The van der Waals surface area contributed by atoms with Gasteiger partial charge in [0, 0.05) is 34.5 Å². The number of hydrogen-bond donors (Lipinski definition) is 1. The molecule has 1 N–H and O–H groups in total. The summed E-state index contributed by atoms with van der Waals surface area (Å²) in [5, 5.41) is 15.1. The van der Waals surface area contributed by atoms with Gasteiger partial charge in [-0.3, -0.25) is 10.1 Å². The summed E-state index contributed by atoms with van der Waals surface area (Å²) in [4.78, 5) is 24.0. The normalized spacial score (nSPS) is 13.1. The van der Waals surface area contributed by atoms with Crippen LogP contribution in [0.5, 0.6) is 28.7 Å². The fraction of sp³-hybridized carbons (Fsp3) is 0.229. The van der Waals surface area contributed by atoms with E-state index in [1.54, 1.807) is 43.5 Å². The van der Waals surface area contributed by atoms with E-state index in [4.69, 9.17) is 23.7 Å². The number of nitro benzene ring substituents is 1. The minimum Gasteiger partial charge on any atom is -0.496 e. The molecule has 1 aliphatic rings. The fourth-order valence-electron chi connectivity index (χ4n) is 5.58. The number of ether oxygens (including phenoxy) is 5. The molecule has 232 valence electrons. The van der Waals surface area contributed by atoms with Crippen LogP contribution in [-0.4, -0.2) is 37.8 Å². The molecule has 0 saturated carbocycles. The smallest absolute Gasteiger partial charge is 0.347 e. The number of allylic oxidation sites excluding steroid dienone is 1. The lowest BCUT2D eigenvalue weighted by molar-refractivity contribution is -0.385. The van der Waals surface area contributed by atoms with E-state index in [1.807, 2.05) is 25.1 Å². The number of para-hydroxylation sites is 1. The second-order valence-corrected chi connectivity index (χ2v) is 11.0. The Kier molecular flexibility index (Phi) is 8.67. The van der Waals surface area contributed by atoms with Crippen LogP contribution in [0.1, 0.15) is 42.3 Å². The number of nitrogens with zero attached hydrogens (tertiary/aromatic N) is 1. The summed E-state index contributed by atoms with van der Waals surface area (Å²) in [6, 6.07) is 20.2. The summed E-state index contributed by atoms with van der Waals surface area (Å²) in [5.74, 6) is 1.22. The van der Waals surface area contributed by atoms with E-state index in [0.717, 1.165) is 33.5 Å². The Labute approximate surface area is 261 Å². The van der Waals surface area contributed by atoms with Crippen molar-refractivity contribution in [1.29, 1.82) is 0 Å². The first-order chi connectivity index (χ1) is 21.5. The quantitative estimate of drug-likeness (QED) is 0.0834. The molecule has 0 radical (unpaired) electrons. The van der Waals surface area contributed by atoms with Crippen LogP contribution in [0.4, 0.5) is 11.4 Å². The molecule has 0 aliphatic carbocycles. The Bertz CT molecular complexity index is 1810. The molecule has 10 heteroatoms. The van der Waals surface area contributed by atoms with Crippen molar-refractivity contribution in [2.45, 2.75) is 32.9 Å². The fourth-order valence-corrected chi connectivity index (χ4v) is 5.58. The number of esters is 1. The molecular weight excluding hydrogens is 576 g/mol. The number of fused-ring (bicyclic) bond motifs is 1. The van der Waals surface area contributed by atoms with Gasteiger partial charge in [0.05, 0.1) is 37.9 Å². The maximum absolute atomic E-state index is 13.0. The van der Waals surface area contributed by atoms with Crippen molar-refractivity contribution >= 4 is 22.9 Å². The highest BCUT2D eigenvalue weighted by Gasteiger charge is 2.27. The summed E-state index contributed by atoms with van der Waals surface area (Å²) in [6.07, 6.45) is 2.15. The van der Waals surface area contributed by atoms with Crippen molar-refractivity contribution in [3.63, 3.8) is 0 Å². The summed E-state index contributed by atoms with van der Waals surface area (Å²) in [5.41, 5.74) is 5.21. The first-order valence-corrected chi connectivity index (χ1v) is 14.2. The highest BCUT2D eigenvalue weighted by Crippen LogP contribution is 2.44. The Hall–Kier alpha value is -5.51. The van der Waals surface area contributed by atoms with Crippen LogP contribution in [-0.2, 0) is 6.61 Å². The highest BCUT2D eigenvalue weighted by atomic mass is 16.6. The summed E-state index contributed by atoms with van der Waals surface area (Å²) in [6.45, 7) is 6.29. The van der Waals surface area contributed by atoms with Gasteiger partial charge in [0.1, 0.15) is 29.4 Å². The zero-order valence-electron chi connectivity index (χ0n) is 25.9. The van der Waals surface area contributed by atoms with Gasteiger partial charge in [-0.15, -0.1) is 0 Å². The van der Waals surface area contributed by atoms with E-state index in [2.05, 4.69) is 25.2 Å². The Morgan fingerprint density at radius 2 is 1.56 bits per heavy atom. The number of benzene rings is 4. The lowest BCUT2D eigenvalue weighted by Crippen LogP contribution is -2.32. The SMILES string of the molecule is COc1ccc([N+](=O)[O-])cc1OCc1c(-c2ccc(OC(=O)c3ccccc3OC)cc2OC)ccc2c1C(C)=CC(C)(C)N2. The number of anilines is 1. The van der Waals surface area contributed by atoms with Crippen LogP contribution in [0.25, 0.3) is 16.7 Å². The van der Waals surface area contributed by atoms with Gasteiger partial charge < -0.3 is 29.0 Å². The van der Waals surface area contributed by atoms with Crippen molar-refractivity contribution in [2.75, 3.05) is 26.6 Å². The number of non-ortho nitro benzene ring substituents is 1. The maximum atomic E-state index is 13.0. The van der Waals surface area contributed by atoms with E-state index in [1.165, 1.54) is 32.4 Å². The second kappa shape index (κ2) is 12.6. The van der Waals surface area contributed by atoms with Gasteiger partial charge in [-0.25, -0.2) is 4.79 Å².